The number of aromatic amines is 1. The summed E-state index contributed by atoms with van der Waals surface area (Å²) in [6, 6.07) is 10.1. The minimum atomic E-state index is -0.0163. The Morgan fingerprint density at radius 1 is 1.03 bits per heavy atom. The van der Waals surface area contributed by atoms with Gasteiger partial charge in [0, 0.05) is 42.4 Å². The summed E-state index contributed by atoms with van der Waals surface area (Å²) in [6.45, 7) is 4.02. The molecule has 32 heavy (non-hydrogen) atoms. The molecule has 0 atom stereocenters. The molecular formula is C24H25N7O. The highest BCUT2D eigenvalue weighted by Crippen LogP contribution is 2.40. The van der Waals surface area contributed by atoms with E-state index in [9.17, 15) is 0 Å². The van der Waals surface area contributed by atoms with Crippen LogP contribution in [0.2, 0.25) is 0 Å². The second-order valence-electron chi connectivity index (χ2n) is 8.99. The Balaban J connectivity index is 1.24. The number of hydrogen-bond acceptors (Lipinski definition) is 7. The van der Waals surface area contributed by atoms with E-state index in [2.05, 4.69) is 48.0 Å². The number of ether oxygens (including phenoxy) is 1. The first-order valence-electron chi connectivity index (χ1n) is 11.2. The van der Waals surface area contributed by atoms with Crippen LogP contribution < -0.4 is 9.64 Å². The Hall–Kier alpha value is -3.55. The van der Waals surface area contributed by atoms with E-state index in [-0.39, 0.29) is 5.60 Å². The maximum Gasteiger partial charge on any atom is 0.132 e. The van der Waals surface area contributed by atoms with Crippen molar-refractivity contribution in [1.29, 1.82) is 0 Å². The number of rotatable bonds is 5. The largest absolute Gasteiger partial charge is 0.488 e. The molecule has 8 heteroatoms. The first kappa shape index (κ1) is 19.2. The predicted octanol–water partition coefficient (Wildman–Crippen LogP) is 4.13. The molecule has 0 unspecified atom stereocenters. The molecule has 1 N–H and O–H groups in total. The lowest BCUT2D eigenvalue weighted by molar-refractivity contribution is 0.200. The molecule has 1 aliphatic carbocycles. The van der Waals surface area contributed by atoms with Crippen LogP contribution in [-0.4, -0.2) is 48.8 Å². The van der Waals surface area contributed by atoms with Crippen molar-refractivity contribution in [1.82, 2.24) is 30.1 Å². The summed E-state index contributed by atoms with van der Waals surface area (Å²) in [4.78, 5) is 19.9. The average Bonchev–Trinajstić information content (AvgIpc) is 3.42. The van der Waals surface area contributed by atoms with Gasteiger partial charge in [-0.1, -0.05) is 0 Å². The van der Waals surface area contributed by atoms with E-state index >= 15 is 0 Å². The number of nitrogens with one attached hydrogen (secondary N) is 1. The zero-order valence-electron chi connectivity index (χ0n) is 18.0. The first-order chi connectivity index (χ1) is 15.7. The number of benzene rings is 1. The molecule has 0 amide bonds. The Bertz CT molecular complexity index is 1240. The Morgan fingerprint density at radius 2 is 1.91 bits per heavy atom. The van der Waals surface area contributed by atoms with Gasteiger partial charge in [-0.05, 0) is 56.9 Å². The molecule has 2 aliphatic rings. The molecular weight excluding hydrogens is 402 g/mol. The van der Waals surface area contributed by atoms with Crippen molar-refractivity contribution in [3.05, 3.63) is 54.9 Å². The third kappa shape index (κ3) is 3.66. The highest BCUT2D eigenvalue weighted by Gasteiger charge is 2.40. The monoisotopic (exact) mass is 427 g/mol. The van der Waals surface area contributed by atoms with Crippen LogP contribution in [0.4, 0.5) is 5.82 Å². The van der Waals surface area contributed by atoms with E-state index in [1.165, 1.54) is 0 Å². The minimum absolute atomic E-state index is 0.0163. The highest BCUT2D eigenvalue weighted by molar-refractivity contribution is 5.93. The van der Waals surface area contributed by atoms with Gasteiger partial charge in [0.15, 0.2) is 0 Å². The molecule has 4 heterocycles. The second kappa shape index (κ2) is 7.55. The van der Waals surface area contributed by atoms with Crippen molar-refractivity contribution in [2.45, 2.75) is 44.1 Å². The zero-order valence-corrected chi connectivity index (χ0v) is 18.0. The minimum Gasteiger partial charge on any atom is -0.488 e. The lowest BCUT2D eigenvalue weighted by atomic mass is 9.93. The van der Waals surface area contributed by atoms with Crippen LogP contribution >= 0.6 is 0 Å². The van der Waals surface area contributed by atoms with Gasteiger partial charge >= 0.3 is 0 Å². The quantitative estimate of drug-likeness (QED) is 0.512. The number of fused-ring (bicyclic) bond motifs is 1. The Morgan fingerprint density at radius 3 is 2.69 bits per heavy atom. The summed E-state index contributed by atoms with van der Waals surface area (Å²) in [6.07, 6.45) is 9.38. The third-order valence-corrected chi connectivity index (χ3v) is 6.59. The predicted molar refractivity (Wildman–Crippen MR) is 122 cm³/mol. The molecule has 4 aromatic rings. The van der Waals surface area contributed by atoms with Crippen LogP contribution in [0.25, 0.3) is 22.3 Å². The van der Waals surface area contributed by atoms with Gasteiger partial charge in [-0.3, -0.25) is 5.10 Å². The number of H-pyrrole nitrogens is 1. The lowest BCUT2D eigenvalue weighted by Crippen LogP contribution is -2.33. The van der Waals surface area contributed by atoms with Crippen LogP contribution in [0.5, 0.6) is 5.75 Å². The van der Waals surface area contributed by atoms with Crippen molar-refractivity contribution < 1.29 is 4.74 Å². The van der Waals surface area contributed by atoms with Gasteiger partial charge in [0.1, 0.15) is 35.5 Å². The molecule has 2 fully saturated rings. The van der Waals surface area contributed by atoms with Gasteiger partial charge in [0.05, 0.1) is 11.2 Å². The summed E-state index contributed by atoms with van der Waals surface area (Å²) >= 11 is 0. The van der Waals surface area contributed by atoms with Crippen LogP contribution in [0.1, 0.15) is 44.2 Å². The smallest absolute Gasteiger partial charge is 0.132 e. The van der Waals surface area contributed by atoms with E-state index in [1.807, 2.05) is 30.5 Å². The number of aromatic nitrogens is 6. The maximum atomic E-state index is 6.15. The number of nitrogens with zero attached hydrogens (tertiary/aromatic N) is 6. The van der Waals surface area contributed by atoms with Crippen LogP contribution in [0.15, 0.2) is 49.2 Å². The second-order valence-corrected chi connectivity index (χ2v) is 8.99. The van der Waals surface area contributed by atoms with E-state index < -0.39 is 0 Å². The van der Waals surface area contributed by atoms with Crippen LogP contribution in [0, 0.1) is 0 Å². The molecule has 0 spiro atoms. The molecule has 162 valence electrons. The van der Waals surface area contributed by atoms with Crippen LogP contribution in [0.3, 0.4) is 0 Å². The molecule has 3 aromatic heterocycles. The Labute approximate surface area is 186 Å². The van der Waals surface area contributed by atoms with Crippen molar-refractivity contribution in [3.8, 4) is 17.1 Å². The summed E-state index contributed by atoms with van der Waals surface area (Å²) < 4.78 is 6.15. The van der Waals surface area contributed by atoms with E-state index in [1.54, 1.807) is 12.7 Å². The van der Waals surface area contributed by atoms with Gasteiger partial charge in [-0.15, -0.1) is 0 Å². The van der Waals surface area contributed by atoms with Gasteiger partial charge in [0.2, 0.25) is 0 Å². The van der Waals surface area contributed by atoms with Crippen molar-refractivity contribution >= 4 is 16.7 Å². The topological polar surface area (TPSA) is 92.7 Å². The maximum absolute atomic E-state index is 6.15. The fraction of sp³-hybridized carbons (Fsp3) is 0.375. The fourth-order valence-corrected chi connectivity index (χ4v) is 4.41. The molecule has 1 saturated heterocycles. The molecule has 6 rings (SSSR count). The molecule has 0 radical (unpaired) electrons. The molecule has 0 bridgehead atoms. The van der Waals surface area contributed by atoms with Crippen molar-refractivity contribution in [2.75, 3.05) is 18.0 Å². The normalized spacial score (nSPS) is 18.1. The summed E-state index contributed by atoms with van der Waals surface area (Å²) in [7, 11) is 0. The SMILES string of the molecule is CC1(Oc2ccc3[nH]nc(-c4cc(N5CCC(c6ccncn6)CC5)ncn4)c3c2)CC1. The van der Waals surface area contributed by atoms with Gasteiger partial charge < -0.3 is 9.64 Å². The van der Waals surface area contributed by atoms with Gasteiger partial charge in [0.25, 0.3) is 0 Å². The Kier molecular flexibility index (Phi) is 4.52. The highest BCUT2D eigenvalue weighted by atomic mass is 16.5. The van der Waals surface area contributed by atoms with Gasteiger partial charge in [-0.2, -0.15) is 5.10 Å². The number of piperidine rings is 1. The van der Waals surface area contributed by atoms with E-state index in [0.29, 0.717) is 5.92 Å². The first-order valence-corrected chi connectivity index (χ1v) is 11.2. The van der Waals surface area contributed by atoms with Crippen LogP contribution in [-0.2, 0) is 0 Å². The summed E-state index contributed by atoms with van der Waals surface area (Å²) in [5, 5.41) is 8.69. The summed E-state index contributed by atoms with van der Waals surface area (Å²) in [5.41, 5.74) is 3.72. The van der Waals surface area contributed by atoms with Gasteiger partial charge in [-0.25, -0.2) is 19.9 Å². The van der Waals surface area contributed by atoms with Crippen molar-refractivity contribution in [2.24, 2.45) is 0 Å². The number of hydrogen-bond donors (Lipinski definition) is 1. The third-order valence-electron chi connectivity index (χ3n) is 6.59. The van der Waals surface area contributed by atoms with E-state index in [4.69, 9.17) is 4.74 Å². The molecule has 1 aliphatic heterocycles. The lowest BCUT2D eigenvalue weighted by Gasteiger charge is -2.32. The molecule has 1 saturated carbocycles. The van der Waals surface area contributed by atoms with Crippen molar-refractivity contribution in [3.63, 3.8) is 0 Å². The molecule has 8 nitrogen and oxygen atoms in total. The summed E-state index contributed by atoms with van der Waals surface area (Å²) in [5.74, 6) is 2.28. The standard InChI is InChI=1S/C24H25N7O/c1-24(7-8-24)32-17-2-3-20-18(12-17)23(30-29-20)21-13-22(28-15-27-21)31-10-5-16(6-11-31)19-4-9-25-14-26-19/h2-4,9,12-16H,5-8,10-11H2,1H3,(H,29,30). The van der Waals surface area contributed by atoms with E-state index in [0.717, 1.165) is 78.3 Å². The molecule has 1 aromatic carbocycles. The fourth-order valence-electron chi connectivity index (χ4n) is 4.41. The number of anilines is 1. The average molecular weight is 428 g/mol. The zero-order chi connectivity index (χ0) is 21.5.